The Balaban J connectivity index is 2.39. The van der Waals surface area contributed by atoms with E-state index in [0.29, 0.717) is 12.5 Å². The maximum atomic E-state index is 12.3. The van der Waals surface area contributed by atoms with Crippen molar-refractivity contribution < 1.29 is 4.79 Å². The van der Waals surface area contributed by atoms with Crippen LogP contribution in [0.4, 0.5) is 0 Å². The van der Waals surface area contributed by atoms with Crippen molar-refractivity contribution in [2.75, 3.05) is 7.05 Å². The standard InChI is InChI=1S/C17H34N2O/c1-6-13-7-9-15(10-8-13)19(5)16(20)11-14(18)12-17(2,3)4/h13-15H,6-12,18H2,1-5H3. The first-order chi connectivity index (χ1) is 9.23. The highest BCUT2D eigenvalue weighted by Gasteiger charge is 2.27. The zero-order valence-corrected chi connectivity index (χ0v) is 14.1. The van der Waals surface area contributed by atoms with Crippen LogP contribution in [-0.4, -0.2) is 29.9 Å². The van der Waals surface area contributed by atoms with Crippen LogP contribution >= 0.6 is 0 Å². The molecule has 20 heavy (non-hydrogen) atoms. The first-order valence-electron chi connectivity index (χ1n) is 8.24. The summed E-state index contributed by atoms with van der Waals surface area (Å²) in [5, 5.41) is 0. The quantitative estimate of drug-likeness (QED) is 0.838. The van der Waals surface area contributed by atoms with Crippen molar-refractivity contribution in [1.29, 1.82) is 0 Å². The third-order valence-electron chi connectivity index (χ3n) is 4.65. The topological polar surface area (TPSA) is 46.3 Å². The van der Waals surface area contributed by atoms with Gasteiger partial charge >= 0.3 is 0 Å². The lowest BCUT2D eigenvalue weighted by Gasteiger charge is -2.35. The first-order valence-corrected chi connectivity index (χ1v) is 8.24. The van der Waals surface area contributed by atoms with Gasteiger partial charge in [-0.25, -0.2) is 0 Å². The van der Waals surface area contributed by atoms with Crippen molar-refractivity contribution in [3.63, 3.8) is 0 Å². The Labute approximate surface area is 125 Å². The van der Waals surface area contributed by atoms with Crippen LogP contribution in [0.5, 0.6) is 0 Å². The van der Waals surface area contributed by atoms with Gasteiger partial charge in [0.2, 0.25) is 5.91 Å². The fraction of sp³-hybridized carbons (Fsp3) is 0.941. The van der Waals surface area contributed by atoms with Gasteiger partial charge in [0, 0.05) is 25.6 Å². The van der Waals surface area contributed by atoms with Crippen molar-refractivity contribution in [2.45, 2.75) is 84.7 Å². The van der Waals surface area contributed by atoms with Crippen LogP contribution in [0.3, 0.4) is 0 Å². The molecule has 1 amide bonds. The molecule has 0 heterocycles. The summed E-state index contributed by atoms with van der Waals surface area (Å²) in [7, 11) is 1.96. The number of nitrogens with zero attached hydrogens (tertiary/aromatic N) is 1. The van der Waals surface area contributed by atoms with Gasteiger partial charge in [0.1, 0.15) is 0 Å². The zero-order chi connectivity index (χ0) is 15.3. The number of nitrogens with two attached hydrogens (primary N) is 1. The second kappa shape index (κ2) is 7.44. The molecule has 1 saturated carbocycles. The molecule has 0 spiro atoms. The van der Waals surface area contributed by atoms with Gasteiger partial charge in [0.15, 0.2) is 0 Å². The number of carbonyl (C=O) groups is 1. The van der Waals surface area contributed by atoms with Crippen LogP contribution in [0, 0.1) is 11.3 Å². The molecule has 0 saturated heterocycles. The summed E-state index contributed by atoms with van der Waals surface area (Å²) in [6.45, 7) is 8.79. The monoisotopic (exact) mass is 282 g/mol. The van der Waals surface area contributed by atoms with Gasteiger partial charge in [0.05, 0.1) is 0 Å². The molecule has 118 valence electrons. The number of hydrogen-bond donors (Lipinski definition) is 1. The van der Waals surface area contributed by atoms with Crippen molar-refractivity contribution in [2.24, 2.45) is 17.1 Å². The Morgan fingerprint density at radius 1 is 1.25 bits per heavy atom. The van der Waals surface area contributed by atoms with E-state index in [9.17, 15) is 4.79 Å². The molecule has 1 fully saturated rings. The van der Waals surface area contributed by atoms with Gasteiger partial charge in [-0.2, -0.15) is 0 Å². The Hall–Kier alpha value is -0.570. The minimum absolute atomic E-state index is 0.0167. The molecule has 0 bridgehead atoms. The molecule has 0 aromatic rings. The Bertz CT molecular complexity index is 301. The number of rotatable bonds is 5. The van der Waals surface area contributed by atoms with E-state index in [1.165, 1.54) is 19.3 Å². The van der Waals surface area contributed by atoms with E-state index in [2.05, 4.69) is 27.7 Å². The van der Waals surface area contributed by atoms with Gasteiger partial charge < -0.3 is 10.6 Å². The minimum atomic E-state index is -0.0167. The number of amides is 1. The molecule has 3 nitrogen and oxygen atoms in total. The van der Waals surface area contributed by atoms with E-state index in [1.54, 1.807) is 0 Å². The molecule has 1 atom stereocenters. The molecule has 0 aromatic heterocycles. The SMILES string of the molecule is CCC1CCC(N(C)C(=O)CC(N)CC(C)(C)C)CC1. The van der Waals surface area contributed by atoms with Crippen molar-refractivity contribution in [3.8, 4) is 0 Å². The molecule has 0 aromatic carbocycles. The smallest absolute Gasteiger partial charge is 0.224 e. The van der Waals surface area contributed by atoms with Crippen LogP contribution in [0.1, 0.15) is 72.6 Å². The van der Waals surface area contributed by atoms with Gasteiger partial charge in [0.25, 0.3) is 0 Å². The second-order valence-electron chi connectivity index (χ2n) is 7.82. The third kappa shape index (κ3) is 5.82. The van der Waals surface area contributed by atoms with E-state index in [1.807, 2.05) is 11.9 Å². The van der Waals surface area contributed by atoms with Crippen LogP contribution in [0.25, 0.3) is 0 Å². The summed E-state index contributed by atoms with van der Waals surface area (Å²) in [6, 6.07) is 0.420. The average molecular weight is 282 g/mol. The minimum Gasteiger partial charge on any atom is -0.343 e. The van der Waals surface area contributed by atoms with Crippen LogP contribution in [0.2, 0.25) is 0 Å². The largest absolute Gasteiger partial charge is 0.343 e. The molecule has 1 aliphatic rings. The van der Waals surface area contributed by atoms with Crippen molar-refractivity contribution in [3.05, 3.63) is 0 Å². The summed E-state index contributed by atoms with van der Waals surface area (Å²) < 4.78 is 0. The fourth-order valence-electron chi connectivity index (χ4n) is 3.37. The Morgan fingerprint density at radius 3 is 2.25 bits per heavy atom. The number of carbonyl (C=O) groups excluding carboxylic acids is 1. The predicted octanol–water partition coefficient (Wildman–Crippen LogP) is 3.57. The summed E-state index contributed by atoms with van der Waals surface area (Å²) >= 11 is 0. The lowest BCUT2D eigenvalue weighted by Crippen LogP contribution is -2.42. The second-order valence-corrected chi connectivity index (χ2v) is 7.82. The highest BCUT2D eigenvalue weighted by atomic mass is 16.2. The fourth-order valence-corrected chi connectivity index (χ4v) is 3.37. The molecular formula is C17H34N2O. The highest BCUT2D eigenvalue weighted by Crippen LogP contribution is 2.29. The van der Waals surface area contributed by atoms with Gasteiger partial charge in [-0.3, -0.25) is 4.79 Å². The predicted molar refractivity (Wildman–Crippen MR) is 85.5 cm³/mol. The molecule has 3 heteroatoms. The Kier molecular flexibility index (Phi) is 6.50. The summed E-state index contributed by atoms with van der Waals surface area (Å²) in [5.74, 6) is 1.10. The van der Waals surface area contributed by atoms with Crippen LogP contribution in [0.15, 0.2) is 0 Å². The maximum absolute atomic E-state index is 12.3. The summed E-state index contributed by atoms with van der Waals surface area (Å²) in [4.78, 5) is 14.3. The van der Waals surface area contributed by atoms with Crippen molar-refractivity contribution >= 4 is 5.91 Å². The molecule has 2 N–H and O–H groups in total. The van der Waals surface area contributed by atoms with Gasteiger partial charge in [-0.1, -0.05) is 34.1 Å². The van der Waals surface area contributed by atoms with E-state index < -0.39 is 0 Å². The Morgan fingerprint density at radius 2 is 1.80 bits per heavy atom. The normalized spacial score (nSPS) is 25.3. The molecular weight excluding hydrogens is 248 g/mol. The van der Waals surface area contributed by atoms with E-state index in [4.69, 9.17) is 5.73 Å². The van der Waals surface area contributed by atoms with E-state index in [0.717, 1.165) is 25.2 Å². The lowest BCUT2D eigenvalue weighted by atomic mass is 9.83. The highest BCUT2D eigenvalue weighted by molar-refractivity contribution is 5.76. The molecule has 1 rings (SSSR count). The maximum Gasteiger partial charge on any atom is 0.224 e. The van der Waals surface area contributed by atoms with Crippen LogP contribution in [-0.2, 0) is 4.79 Å². The third-order valence-corrected chi connectivity index (χ3v) is 4.65. The van der Waals surface area contributed by atoms with E-state index in [-0.39, 0.29) is 17.4 Å². The van der Waals surface area contributed by atoms with E-state index >= 15 is 0 Å². The zero-order valence-electron chi connectivity index (χ0n) is 14.1. The first kappa shape index (κ1) is 17.5. The van der Waals surface area contributed by atoms with Gasteiger partial charge in [-0.15, -0.1) is 0 Å². The average Bonchev–Trinajstić information content (AvgIpc) is 2.35. The molecule has 0 aliphatic heterocycles. The summed E-state index contributed by atoms with van der Waals surface area (Å²) in [5.41, 5.74) is 6.32. The summed E-state index contributed by atoms with van der Waals surface area (Å²) in [6.07, 6.45) is 7.53. The van der Waals surface area contributed by atoms with Gasteiger partial charge in [-0.05, 0) is 43.4 Å². The lowest BCUT2D eigenvalue weighted by molar-refractivity contribution is -0.133. The number of hydrogen-bond acceptors (Lipinski definition) is 2. The molecule has 1 aliphatic carbocycles. The van der Waals surface area contributed by atoms with Crippen molar-refractivity contribution in [1.82, 2.24) is 4.90 Å². The molecule has 1 unspecified atom stereocenters. The molecule has 0 radical (unpaired) electrons. The van der Waals surface area contributed by atoms with Crippen LogP contribution < -0.4 is 5.73 Å².